The van der Waals surface area contributed by atoms with Gasteiger partial charge in [0.15, 0.2) is 5.75 Å². The molecule has 0 spiro atoms. The molecular formula is C16H13NO2. The number of H-pyrrole nitrogens is 1. The molecule has 0 aliphatic heterocycles. The lowest BCUT2D eigenvalue weighted by atomic mass is 10.0. The SMILES string of the molecule is O=c1[nH]c2cccc(Cc3ccccc3)c2cc1O. The minimum absolute atomic E-state index is 0.243. The Morgan fingerprint density at radius 3 is 2.58 bits per heavy atom. The maximum absolute atomic E-state index is 11.4. The number of aromatic amines is 1. The zero-order valence-corrected chi connectivity index (χ0v) is 10.3. The predicted molar refractivity (Wildman–Crippen MR) is 75.5 cm³/mol. The fraction of sp³-hybridized carbons (Fsp3) is 0.0625. The molecule has 0 radical (unpaired) electrons. The number of fused-ring (bicyclic) bond motifs is 1. The van der Waals surface area contributed by atoms with Crippen molar-refractivity contribution in [2.45, 2.75) is 6.42 Å². The van der Waals surface area contributed by atoms with Crippen LogP contribution in [0.5, 0.6) is 5.75 Å². The molecule has 19 heavy (non-hydrogen) atoms. The molecule has 2 aromatic carbocycles. The molecule has 0 bridgehead atoms. The van der Waals surface area contributed by atoms with Crippen LogP contribution in [0.3, 0.4) is 0 Å². The van der Waals surface area contributed by atoms with E-state index in [9.17, 15) is 9.90 Å². The molecule has 3 nitrogen and oxygen atoms in total. The summed E-state index contributed by atoms with van der Waals surface area (Å²) < 4.78 is 0. The summed E-state index contributed by atoms with van der Waals surface area (Å²) in [6.45, 7) is 0. The Labute approximate surface area is 110 Å². The first-order valence-corrected chi connectivity index (χ1v) is 6.12. The third-order valence-corrected chi connectivity index (χ3v) is 3.20. The molecule has 0 saturated heterocycles. The number of rotatable bonds is 2. The highest BCUT2D eigenvalue weighted by Crippen LogP contribution is 2.21. The van der Waals surface area contributed by atoms with Gasteiger partial charge >= 0.3 is 0 Å². The van der Waals surface area contributed by atoms with Crippen LogP contribution in [0.2, 0.25) is 0 Å². The molecule has 0 fully saturated rings. The van der Waals surface area contributed by atoms with Crippen molar-refractivity contribution in [3.8, 4) is 5.75 Å². The van der Waals surface area contributed by atoms with Crippen LogP contribution in [0.4, 0.5) is 0 Å². The van der Waals surface area contributed by atoms with Crippen LogP contribution in [0.1, 0.15) is 11.1 Å². The van der Waals surface area contributed by atoms with E-state index in [1.807, 2.05) is 36.4 Å². The van der Waals surface area contributed by atoms with Crippen LogP contribution in [0.15, 0.2) is 59.4 Å². The summed E-state index contributed by atoms with van der Waals surface area (Å²) in [5.74, 6) is -0.243. The predicted octanol–water partition coefficient (Wildman–Crippen LogP) is 2.82. The maximum atomic E-state index is 11.4. The van der Waals surface area contributed by atoms with Crippen LogP contribution >= 0.6 is 0 Å². The Morgan fingerprint density at radius 2 is 1.79 bits per heavy atom. The number of aromatic nitrogens is 1. The summed E-state index contributed by atoms with van der Waals surface area (Å²) in [5.41, 5.74) is 2.57. The summed E-state index contributed by atoms with van der Waals surface area (Å²) in [7, 11) is 0. The Morgan fingerprint density at radius 1 is 1.00 bits per heavy atom. The van der Waals surface area contributed by atoms with E-state index in [1.165, 1.54) is 11.6 Å². The number of hydrogen-bond acceptors (Lipinski definition) is 2. The van der Waals surface area contributed by atoms with Crippen molar-refractivity contribution in [1.29, 1.82) is 0 Å². The molecule has 1 aromatic heterocycles. The molecule has 94 valence electrons. The molecule has 3 heteroatoms. The van der Waals surface area contributed by atoms with Crippen molar-refractivity contribution in [2.24, 2.45) is 0 Å². The van der Waals surface area contributed by atoms with Crippen LogP contribution in [-0.4, -0.2) is 10.1 Å². The molecule has 0 saturated carbocycles. The lowest BCUT2D eigenvalue weighted by Crippen LogP contribution is -2.05. The van der Waals surface area contributed by atoms with Gasteiger partial charge in [-0.2, -0.15) is 0 Å². The Kier molecular flexibility index (Phi) is 2.80. The van der Waals surface area contributed by atoms with Gasteiger partial charge in [-0.3, -0.25) is 4.79 Å². The fourth-order valence-corrected chi connectivity index (χ4v) is 2.25. The quantitative estimate of drug-likeness (QED) is 0.735. The van der Waals surface area contributed by atoms with E-state index in [-0.39, 0.29) is 5.75 Å². The average molecular weight is 251 g/mol. The third kappa shape index (κ3) is 2.22. The number of aromatic hydroxyl groups is 1. The smallest absolute Gasteiger partial charge is 0.290 e. The molecule has 0 aliphatic carbocycles. The minimum atomic E-state index is -0.454. The van der Waals surface area contributed by atoms with E-state index in [1.54, 1.807) is 0 Å². The first-order chi connectivity index (χ1) is 9.24. The summed E-state index contributed by atoms with van der Waals surface area (Å²) in [6.07, 6.45) is 0.768. The van der Waals surface area contributed by atoms with E-state index in [0.717, 1.165) is 22.9 Å². The number of hydrogen-bond donors (Lipinski definition) is 2. The molecule has 3 aromatic rings. The van der Waals surface area contributed by atoms with E-state index >= 15 is 0 Å². The van der Waals surface area contributed by atoms with E-state index in [2.05, 4.69) is 17.1 Å². The molecule has 0 atom stereocenters. The maximum Gasteiger partial charge on any atom is 0.290 e. The highest BCUT2D eigenvalue weighted by molar-refractivity contribution is 5.83. The van der Waals surface area contributed by atoms with Crippen LogP contribution in [-0.2, 0) is 6.42 Å². The van der Waals surface area contributed by atoms with Crippen LogP contribution in [0.25, 0.3) is 10.9 Å². The molecular weight excluding hydrogens is 238 g/mol. The number of pyridine rings is 1. The molecule has 3 rings (SSSR count). The zero-order chi connectivity index (χ0) is 13.2. The van der Waals surface area contributed by atoms with Crippen molar-refractivity contribution >= 4 is 10.9 Å². The first-order valence-electron chi connectivity index (χ1n) is 6.12. The van der Waals surface area contributed by atoms with Crippen LogP contribution in [0, 0.1) is 0 Å². The fourth-order valence-electron chi connectivity index (χ4n) is 2.25. The van der Waals surface area contributed by atoms with E-state index in [0.29, 0.717) is 0 Å². The lowest BCUT2D eigenvalue weighted by Gasteiger charge is -2.07. The van der Waals surface area contributed by atoms with Crippen molar-refractivity contribution in [3.05, 3.63) is 76.1 Å². The largest absolute Gasteiger partial charge is 0.503 e. The highest BCUT2D eigenvalue weighted by Gasteiger charge is 2.05. The third-order valence-electron chi connectivity index (χ3n) is 3.20. The van der Waals surface area contributed by atoms with Crippen molar-refractivity contribution in [3.63, 3.8) is 0 Å². The lowest BCUT2D eigenvalue weighted by molar-refractivity contribution is 0.468. The molecule has 1 heterocycles. The normalized spacial score (nSPS) is 10.7. The number of nitrogens with one attached hydrogen (secondary N) is 1. The van der Waals surface area contributed by atoms with Gasteiger partial charge in [-0.1, -0.05) is 42.5 Å². The van der Waals surface area contributed by atoms with E-state index in [4.69, 9.17) is 0 Å². The van der Waals surface area contributed by atoms with Crippen molar-refractivity contribution in [2.75, 3.05) is 0 Å². The highest BCUT2D eigenvalue weighted by atomic mass is 16.3. The van der Waals surface area contributed by atoms with Crippen molar-refractivity contribution < 1.29 is 5.11 Å². The molecule has 0 amide bonds. The topological polar surface area (TPSA) is 53.1 Å². The van der Waals surface area contributed by atoms with Gasteiger partial charge in [-0.05, 0) is 29.7 Å². The van der Waals surface area contributed by atoms with Gasteiger partial charge in [0.1, 0.15) is 0 Å². The van der Waals surface area contributed by atoms with Gasteiger partial charge in [-0.25, -0.2) is 0 Å². The van der Waals surface area contributed by atoms with Crippen LogP contribution < -0.4 is 5.56 Å². The zero-order valence-electron chi connectivity index (χ0n) is 10.3. The van der Waals surface area contributed by atoms with Crippen molar-refractivity contribution in [1.82, 2.24) is 4.98 Å². The second kappa shape index (κ2) is 4.61. The van der Waals surface area contributed by atoms with E-state index < -0.39 is 5.56 Å². The second-order valence-electron chi connectivity index (χ2n) is 4.52. The Balaban J connectivity index is 2.14. The Bertz CT molecular complexity index is 776. The molecule has 2 N–H and O–H groups in total. The summed E-state index contributed by atoms with van der Waals surface area (Å²) in [4.78, 5) is 14.1. The minimum Gasteiger partial charge on any atom is -0.503 e. The Hall–Kier alpha value is -2.55. The van der Waals surface area contributed by atoms with Gasteiger partial charge in [0.25, 0.3) is 5.56 Å². The average Bonchev–Trinajstić information content (AvgIpc) is 2.42. The summed E-state index contributed by atoms with van der Waals surface area (Å²) >= 11 is 0. The number of benzene rings is 2. The standard InChI is InChI=1S/C16H13NO2/c18-15-10-13-12(9-11-5-2-1-3-6-11)7-4-8-14(13)17-16(15)19/h1-8,10,18H,9H2,(H,17,19). The first kappa shape index (κ1) is 11.5. The monoisotopic (exact) mass is 251 g/mol. The molecule has 0 unspecified atom stereocenters. The summed E-state index contributed by atoms with van der Waals surface area (Å²) in [6, 6.07) is 17.4. The molecule has 0 aliphatic rings. The summed E-state index contributed by atoms with van der Waals surface area (Å²) in [5, 5.41) is 10.4. The second-order valence-corrected chi connectivity index (χ2v) is 4.52. The van der Waals surface area contributed by atoms with Gasteiger partial charge in [-0.15, -0.1) is 0 Å². The van der Waals surface area contributed by atoms with Gasteiger partial charge < -0.3 is 10.1 Å². The van der Waals surface area contributed by atoms with Gasteiger partial charge in [0.05, 0.1) is 0 Å². The van der Waals surface area contributed by atoms with Gasteiger partial charge in [0.2, 0.25) is 0 Å². The van der Waals surface area contributed by atoms with Gasteiger partial charge in [0, 0.05) is 10.9 Å².